The molecule has 1 amide bonds. The number of rotatable bonds is 1. The highest BCUT2D eigenvalue weighted by atomic mass is 19.4. The van der Waals surface area contributed by atoms with Crippen LogP contribution in [0.1, 0.15) is 11.1 Å². The van der Waals surface area contributed by atoms with E-state index in [1.54, 1.807) is 18.2 Å². The van der Waals surface area contributed by atoms with Crippen molar-refractivity contribution in [2.45, 2.75) is 12.6 Å². The van der Waals surface area contributed by atoms with E-state index in [4.69, 9.17) is 0 Å². The van der Waals surface area contributed by atoms with E-state index >= 15 is 0 Å². The molecular formula is C14H9F3N2O. The third-order valence-corrected chi connectivity index (χ3v) is 3.12. The molecule has 0 saturated heterocycles. The molecule has 1 aliphatic heterocycles. The van der Waals surface area contributed by atoms with Crippen LogP contribution in [0.15, 0.2) is 42.6 Å². The summed E-state index contributed by atoms with van der Waals surface area (Å²) in [4.78, 5) is 17.2. The van der Waals surface area contributed by atoms with Crippen molar-refractivity contribution < 1.29 is 18.0 Å². The number of halogens is 3. The van der Waals surface area contributed by atoms with Crippen molar-refractivity contribution in [2.75, 3.05) is 4.90 Å². The van der Waals surface area contributed by atoms with Gasteiger partial charge in [0.15, 0.2) is 0 Å². The summed E-state index contributed by atoms with van der Waals surface area (Å²) in [5.74, 6) is 0.0496. The summed E-state index contributed by atoms with van der Waals surface area (Å²) in [5.41, 5.74) is 0.0593. The maximum atomic E-state index is 12.8. The molecule has 0 aliphatic carbocycles. The summed E-state index contributed by atoms with van der Waals surface area (Å²) < 4.78 is 38.3. The van der Waals surface area contributed by atoms with Gasteiger partial charge in [-0.1, -0.05) is 12.1 Å². The zero-order valence-corrected chi connectivity index (χ0v) is 10.2. The van der Waals surface area contributed by atoms with Crippen LogP contribution in [0.4, 0.5) is 24.7 Å². The van der Waals surface area contributed by atoms with E-state index in [0.29, 0.717) is 11.4 Å². The smallest absolute Gasteiger partial charge is 0.274 e. The molecular weight excluding hydrogens is 269 g/mol. The van der Waals surface area contributed by atoms with Crippen LogP contribution < -0.4 is 4.90 Å². The lowest BCUT2D eigenvalue weighted by Gasteiger charge is -2.17. The van der Waals surface area contributed by atoms with E-state index in [1.807, 2.05) is 0 Å². The Morgan fingerprint density at radius 1 is 1.15 bits per heavy atom. The van der Waals surface area contributed by atoms with Crippen LogP contribution in [-0.4, -0.2) is 10.9 Å². The molecule has 2 heterocycles. The quantitative estimate of drug-likeness (QED) is 0.801. The lowest BCUT2D eigenvalue weighted by molar-refractivity contribution is -0.137. The molecule has 0 spiro atoms. The second-order valence-electron chi connectivity index (χ2n) is 4.44. The number of fused-ring (bicyclic) bond motifs is 1. The monoisotopic (exact) mass is 278 g/mol. The Morgan fingerprint density at radius 2 is 1.95 bits per heavy atom. The molecule has 0 bridgehead atoms. The van der Waals surface area contributed by atoms with Crippen LogP contribution in [0.2, 0.25) is 0 Å². The number of hydrogen-bond donors (Lipinski definition) is 0. The van der Waals surface area contributed by atoms with Crippen molar-refractivity contribution in [3.8, 4) is 0 Å². The van der Waals surface area contributed by atoms with E-state index in [0.717, 1.165) is 12.1 Å². The van der Waals surface area contributed by atoms with Gasteiger partial charge in [-0.25, -0.2) is 4.98 Å². The normalized spacial score (nSPS) is 14.6. The second-order valence-corrected chi connectivity index (χ2v) is 4.44. The molecule has 0 radical (unpaired) electrons. The molecule has 102 valence electrons. The molecule has 2 aromatic rings. The van der Waals surface area contributed by atoms with Gasteiger partial charge in [0, 0.05) is 6.20 Å². The van der Waals surface area contributed by atoms with E-state index in [9.17, 15) is 18.0 Å². The van der Waals surface area contributed by atoms with Crippen molar-refractivity contribution in [1.82, 2.24) is 4.98 Å². The zero-order valence-electron chi connectivity index (χ0n) is 10.2. The number of carbonyl (C=O) groups excluding carboxylic acids is 1. The van der Waals surface area contributed by atoms with Gasteiger partial charge >= 0.3 is 6.18 Å². The SMILES string of the molecule is O=C1Cc2ccc(C(F)(F)F)cc2N1c1ccccn1. The fourth-order valence-corrected chi connectivity index (χ4v) is 2.21. The summed E-state index contributed by atoms with van der Waals surface area (Å²) in [6.07, 6.45) is -2.85. The Morgan fingerprint density at radius 3 is 2.60 bits per heavy atom. The van der Waals surface area contributed by atoms with Crippen LogP contribution >= 0.6 is 0 Å². The number of amides is 1. The number of pyridine rings is 1. The Labute approximate surface area is 112 Å². The maximum absolute atomic E-state index is 12.8. The fraction of sp³-hybridized carbons (Fsp3) is 0.143. The number of hydrogen-bond acceptors (Lipinski definition) is 2. The average molecular weight is 278 g/mol. The van der Waals surface area contributed by atoms with Crippen molar-refractivity contribution >= 4 is 17.4 Å². The molecule has 0 atom stereocenters. The van der Waals surface area contributed by atoms with Crippen LogP contribution in [0.3, 0.4) is 0 Å². The number of carbonyl (C=O) groups is 1. The van der Waals surface area contributed by atoms with E-state index in [2.05, 4.69) is 4.98 Å². The number of alkyl halides is 3. The minimum Gasteiger partial charge on any atom is -0.274 e. The van der Waals surface area contributed by atoms with Gasteiger partial charge < -0.3 is 0 Å². The molecule has 1 aliphatic rings. The van der Waals surface area contributed by atoms with Gasteiger partial charge in [-0.3, -0.25) is 9.69 Å². The van der Waals surface area contributed by atoms with Crippen molar-refractivity contribution in [3.05, 3.63) is 53.7 Å². The predicted octanol–water partition coefficient (Wildman–Crippen LogP) is 3.32. The van der Waals surface area contributed by atoms with Gasteiger partial charge in [-0.2, -0.15) is 13.2 Å². The van der Waals surface area contributed by atoms with Gasteiger partial charge in [-0.05, 0) is 29.8 Å². The minimum absolute atomic E-state index is 0.0873. The van der Waals surface area contributed by atoms with Crippen LogP contribution in [-0.2, 0) is 17.4 Å². The largest absolute Gasteiger partial charge is 0.416 e. The van der Waals surface area contributed by atoms with Crippen LogP contribution in [0.25, 0.3) is 0 Å². The van der Waals surface area contributed by atoms with E-state index < -0.39 is 11.7 Å². The number of anilines is 2. The zero-order chi connectivity index (χ0) is 14.3. The summed E-state index contributed by atoms with van der Waals surface area (Å²) in [6, 6.07) is 8.29. The molecule has 1 aromatic heterocycles. The van der Waals surface area contributed by atoms with E-state index in [-0.39, 0.29) is 18.0 Å². The summed E-state index contributed by atoms with van der Waals surface area (Å²) in [7, 11) is 0. The average Bonchev–Trinajstić information content (AvgIpc) is 2.73. The maximum Gasteiger partial charge on any atom is 0.416 e. The van der Waals surface area contributed by atoms with Crippen molar-refractivity contribution in [2.24, 2.45) is 0 Å². The first kappa shape index (κ1) is 12.7. The van der Waals surface area contributed by atoms with Gasteiger partial charge in [0.1, 0.15) is 5.82 Å². The standard InChI is InChI=1S/C14H9F3N2O/c15-14(16,17)10-5-4-9-7-13(20)19(11(9)8-10)12-3-1-2-6-18-12/h1-6,8H,7H2. The molecule has 0 saturated carbocycles. The fourth-order valence-electron chi connectivity index (χ4n) is 2.21. The highest BCUT2D eigenvalue weighted by Gasteiger charge is 2.35. The summed E-state index contributed by atoms with van der Waals surface area (Å²) >= 11 is 0. The van der Waals surface area contributed by atoms with Gasteiger partial charge in [0.05, 0.1) is 17.7 Å². The van der Waals surface area contributed by atoms with Gasteiger partial charge in [-0.15, -0.1) is 0 Å². The van der Waals surface area contributed by atoms with Crippen LogP contribution in [0.5, 0.6) is 0 Å². The highest BCUT2D eigenvalue weighted by molar-refractivity contribution is 6.06. The van der Waals surface area contributed by atoms with Crippen LogP contribution in [0, 0.1) is 0 Å². The Kier molecular flexibility index (Phi) is 2.74. The van der Waals surface area contributed by atoms with Crippen molar-refractivity contribution in [1.29, 1.82) is 0 Å². The molecule has 3 nitrogen and oxygen atoms in total. The predicted molar refractivity (Wildman–Crippen MR) is 66.5 cm³/mol. The second kappa shape index (κ2) is 4.33. The topological polar surface area (TPSA) is 33.2 Å². The Bertz CT molecular complexity index is 668. The van der Waals surface area contributed by atoms with Gasteiger partial charge in [0.2, 0.25) is 5.91 Å². The third-order valence-electron chi connectivity index (χ3n) is 3.12. The molecule has 3 rings (SSSR count). The first-order valence-corrected chi connectivity index (χ1v) is 5.91. The molecule has 20 heavy (non-hydrogen) atoms. The van der Waals surface area contributed by atoms with Gasteiger partial charge in [0.25, 0.3) is 0 Å². The third kappa shape index (κ3) is 2.03. The lowest BCUT2D eigenvalue weighted by Crippen LogP contribution is -2.22. The molecule has 0 N–H and O–H groups in total. The van der Waals surface area contributed by atoms with E-state index in [1.165, 1.54) is 17.2 Å². The number of nitrogens with zero attached hydrogens (tertiary/aromatic N) is 2. The number of aromatic nitrogens is 1. The Balaban J connectivity index is 2.11. The first-order chi connectivity index (χ1) is 9.47. The minimum atomic E-state index is -4.43. The molecule has 1 aromatic carbocycles. The number of benzene rings is 1. The first-order valence-electron chi connectivity index (χ1n) is 5.91. The highest BCUT2D eigenvalue weighted by Crippen LogP contribution is 2.39. The molecule has 0 fully saturated rings. The summed E-state index contributed by atoms with van der Waals surface area (Å²) in [5, 5.41) is 0. The summed E-state index contributed by atoms with van der Waals surface area (Å²) in [6.45, 7) is 0. The molecule has 0 unspecified atom stereocenters. The lowest BCUT2D eigenvalue weighted by atomic mass is 10.1. The molecule has 6 heteroatoms. The van der Waals surface area contributed by atoms with Crippen molar-refractivity contribution in [3.63, 3.8) is 0 Å². The Hall–Kier alpha value is -2.37.